The molecular formula is C78H82N4O+2. The molecule has 1 aliphatic carbocycles. The summed E-state index contributed by atoms with van der Waals surface area (Å²) < 4.78 is 13.8. The quantitative estimate of drug-likeness (QED) is 0.142. The van der Waals surface area contributed by atoms with Crippen LogP contribution in [0.15, 0.2) is 182 Å². The highest BCUT2D eigenvalue weighted by atomic mass is 16.5. The van der Waals surface area contributed by atoms with Crippen LogP contribution >= 0.6 is 0 Å². The molecule has 8 aromatic carbocycles. The minimum Gasteiger partial charge on any atom is -0.457 e. The number of hydrogen-bond donors (Lipinski definition) is 0. The molecule has 0 saturated carbocycles. The van der Waals surface area contributed by atoms with E-state index in [1.54, 1.807) is 0 Å². The Morgan fingerprint density at radius 3 is 1.72 bits per heavy atom. The van der Waals surface area contributed by atoms with Crippen LogP contribution in [0.5, 0.6) is 11.5 Å². The predicted molar refractivity (Wildman–Crippen MR) is 352 cm³/mol. The van der Waals surface area contributed by atoms with Crippen molar-refractivity contribution in [2.24, 2.45) is 0 Å². The lowest BCUT2D eigenvalue weighted by atomic mass is 9.63. The van der Waals surface area contributed by atoms with Crippen LogP contribution in [0.25, 0.3) is 61.0 Å². The maximum Gasteiger partial charge on any atom is 0.503 e. The minimum absolute atomic E-state index is 0.0296. The van der Waals surface area contributed by atoms with Crippen molar-refractivity contribution < 1.29 is 4.74 Å². The Labute approximate surface area is 493 Å². The molecule has 0 radical (unpaired) electrons. The van der Waals surface area contributed by atoms with E-state index in [4.69, 9.17) is 9.72 Å². The van der Waals surface area contributed by atoms with E-state index in [0.717, 1.165) is 73.2 Å². The fourth-order valence-corrected chi connectivity index (χ4v) is 12.7. The summed E-state index contributed by atoms with van der Waals surface area (Å²) in [6, 6.07) is 68.7. The molecule has 10 aromatic rings. The van der Waals surface area contributed by atoms with Crippen LogP contribution in [-0.2, 0) is 32.5 Å². The van der Waals surface area contributed by atoms with E-state index in [-0.39, 0.29) is 32.5 Å². The average molecular weight is 1090 g/mol. The molecule has 0 unspecified atom stereocenters. The molecule has 0 bridgehead atoms. The molecule has 0 saturated heterocycles. The highest BCUT2D eigenvalue weighted by molar-refractivity contribution is 6.10. The van der Waals surface area contributed by atoms with Crippen LogP contribution < -0.4 is 13.9 Å². The number of fused-ring (bicyclic) bond motifs is 5. The van der Waals surface area contributed by atoms with Gasteiger partial charge in [0, 0.05) is 46.8 Å². The van der Waals surface area contributed by atoms with Gasteiger partial charge in [-0.1, -0.05) is 208 Å². The highest BCUT2D eigenvalue weighted by Crippen LogP contribution is 2.50. The van der Waals surface area contributed by atoms with E-state index >= 15 is 0 Å². The van der Waals surface area contributed by atoms with Gasteiger partial charge in [-0.15, -0.1) is 0 Å². The lowest BCUT2D eigenvalue weighted by Crippen LogP contribution is -2.33. The number of hydrogen-bond acceptors (Lipinski definition) is 2. The van der Waals surface area contributed by atoms with E-state index in [1.807, 2.05) is 0 Å². The summed E-state index contributed by atoms with van der Waals surface area (Å²) in [6.45, 7) is 37.3. The highest BCUT2D eigenvalue weighted by Gasteiger charge is 2.41. The van der Waals surface area contributed by atoms with E-state index in [1.165, 1.54) is 68.3 Å². The van der Waals surface area contributed by atoms with Crippen LogP contribution in [0, 0.1) is 0 Å². The van der Waals surface area contributed by atoms with Crippen molar-refractivity contribution in [3.05, 3.63) is 216 Å². The van der Waals surface area contributed by atoms with Gasteiger partial charge in [0.15, 0.2) is 0 Å². The molecular weight excluding hydrogens is 1010 g/mol. The molecule has 1 aliphatic heterocycles. The first-order valence-electron chi connectivity index (χ1n) is 30.0. The Balaban J connectivity index is 0.988. The molecule has 5 heteroatoms. The van der Waals surface area contributed by atoms with Crippen molar-refractivity contribution in [3.63, 3.8) is 0 Å². The summed E-state index contributed by atoms with van der Waals surface area (Å²) in [5, 5.41) is 2.35. The van der Waals surface area contributed by atoms with Crippen molar-refractivity contribution in [3.8, 4) is 50.7 Å². The maximum absolute atomic E-state index is 7.01. The van der Waals surface area contributed by atoms with Crippen LogP contribution in [-0.4, -0.2) is 15.6 Å². The summed E-state index contributed by atoms with van der Waals surface area (Å²) in [4.78, 5) is 5.41. The van der Waals surface area contributed by atoms with Gasteiger partial charge in [0.1, 0.15) is 17.3 Å². The first-order chi connectivity index (χ1) is 39.1. The summed E-state index contributed by atoms with van der Waals surface area (Å²) in [7, 11) is 0. The Kier molecular flexibility index (Phi) is 13.2. The molecule has 418 valence electrons. The van der Waals surface area contributed by atoms with E-state index in [2.05, 4.69) is 313 Å². The average Bonchev–Trinajstić information content (AvgIpc) is 2.73. The Hall–Kier alpha value is -8.11. The minimum atomic E-state index is -0.168. The van der Waals surface area contributed by atoms with Gasteiger partial charge < -0.3 is 4.74 Å². The van der Waals surface area contributed by atoms with Crippen LogP contribution in [0.3, 0.4) is 0 Å². The largest absolute Gasteiger partial charge is 0.503 e. The molecule has 12 rings (SSSR count). The van der Waals surface area contributed by atoms with Crippen LogP contribution in [0.1, 0.15) is 157 Å². The fourth-order valence-electron chi connectivity index (χ4n) is 12.7. The monoisotopic (exact) mass is 1090 g/mol. The number of pyridine rings is 1. The first kappa shape index (κ1) is 55.4. The molecule has 0 spiro atoms. The maximum atomic E-state index is 7.01. The summed E-state index contributed by atoms with van der Waals surface area (Å²) >= 11 is 0. The zero-order valence-corrected chi connectivity index (χ0v) is 51.9. The van der Waals surface area contributed by atoms with E-state index < -0.39 is 0 Å². The number of benzene rings is 8. The second-order valence-corrected chi connectivity index (χ2v) is 29.1. The fraction of sp³-hybridized carbons (Fsp3) is 0.308. The molecule has 2 aliphatic rings. The van der Waals surface area contributed by atoms with Gasteiger partial charge in [-0.2, -0.15) is 0 Å². The second-order valence-electron chi connectivity index (χ2n) is 29.1. The van der Waals surface area contributed by atoms with Gasteiger partial charge in [-0.3, -0.25) is 4.57 Å². The molecule has 3 heterocycles. The Morgan fingerprint density at radius 2 is 1.06 bits per heavy atom. The molecule has 0 fully saturated rings. The van der Waals surface area contributed by atoms with Gasteiger partial charge in [-0.05, 0) is 153 Å². The van der Waals surface area contributed by atoms with Gasteiger partial charge in [0.05, 0.1) is 28.2 Å². The van der Waals surface area contributed by atoms with Gasteiger partial charge in [-0.25, -0.2) is 4.98 Å². The number of para-hydroxylation sites is 3. The van der Waals surface area contributed by atoms with Gasteiger partial charge in [0.25, 0.3) is 11.4 Å². The summed E-state index contributed by atoms with van der Waals surface area (Å²) in [6.07, 6.45) is 4.49. The van der Waals surface area contributed by atoms with Crippen molar-refractivity contribution in [2.75, 3.05) is 0 Å². The Bertz CT molecular complexity index is 4270. The third-order valence-corrected chi connectivity index (χ3v) is 17.9. The lowest BCUT2D eigenvalue weighted by molar-refractivity contribution is 0.332. The SMILES string of the molecule is CC(C)(C)c1cc(-c2cccc(-c3ccccc3)c2[N+]2=C=[N+](c3cccc(Oc4ccc5c6cc(C(C)(C)C)ccc6n(-c6cc(C(C)(C)C)c(-c7ccc8c(c7)C(C)(C)CCC8(C)C)cn6)c5c4)c3)c3ccccc32)cc(C(C)(C)C)c1. The smallest absolute Gasteiger partial charge is 0.457 e. The van der Waals surface area contributed by atoms with Crippen LogP contribution in [0.4, 0.5) is 22.7 Å². The number of ether oxygens (including phenoxy) is 1. The standard InChI is InChI=1S/C78H82N4O/c1-73(2,3)53-33-37-67-62(44-53)61-35-34-58(46-70(61)82(67)71-47-65(76(10,11)12)63(48-79-71)51-32-36-64-66(42-51)78(15,16)39-38-77(64,13)14)83-57-27-22-26-56(45-57)80-49-81(69-31-21-20-30-68(69)80)72-59(50-24-18-17-19-25-50)28-23-29-60(72)52-40-54(74(4,5)6)43-55(41-52)75(7,8)9/h17-37,40-48H,38-39H2,1-16H3/q+2. The van der Waals surface area contributed by atoms with E-state index in [9.17, 15) is 0 Å². The van der Waals surface area contributed by atoms with Crippen molar-refractivity contribution >= 4 is 50.6 Å². The zero-order valence-electron chi connectivity index (χ0n) is 51.9. The number of nitrogens with zero attached hydrogens (tertiary/aromatic N) is 4. The van der Waals surface area contributed by atoms with Gasteiger partial charge >= 0.3 is 6.01 Å². The zero-order chi connectivity index (χ0) is 58.8. The van der Waals surface area contributed by atoms with Crippen molar-refractivity contribution in [2.45, 2.75) is 156 Å². The molecule has 5 nitrogen and oxygen atoms in total. The van der Waals surface area contributed by atoms with Crippen molar-refractivity contribution in [1.29, 1.82) is 0 Å². The third-order valence-electron chi connectivity index (χ3n) is 17.9. The van der Waals surface area contributed by atoms with Crippen molar-refractivity contribution in [1.82, 2.24) is 18.7 Å². The molecule has 0 N–H and O–H groups in total. The molecule has 0 amide bonds. The normalized spacial score (nSPS) is 15.0. The number of aromatic nitrogens is 2. The second kappa shape index (κ2) is 19.8. The lowest BCUT2D eigenvalue weighted by Gasteiger charge is -2.42. The predicted octanol–water partition coefficient (Wildman–Crippen LogP) is 21.4. The topological polar surface area (TPSA) is 33.1 Å². The summed E-state index contributed by atoms with van der Waals surface area (Å²) in [5.74, 6) is 2.36. The number of rotatable bonds is 8. The molecule has 0 atom stereocenters. The summed E-state index contributed by atoms with van der Waals surface area (Å²) in [5.41, 5.74) is 21.3. The van der Waals surface area contributed by atoms with Gasteiger partial charge in [0.2, 0.25) is 11.4 Å². The third kappa shape index (κ3) is 10.2. The molecule has 83 heavy (non-hydrogen) atoms. The van der Waals surface area contributed by atoms with E-state index in [0.29, 0.717) is 0 Å². The van der Waals surface area contributed by atoms with Crippen LogP contribution in [0.2, 0.25) is 0 Å². The first-order valence-corrected chi connectivity index (χ1v) is 30.0. The molecule has 2 aromatic heterocycles. The Morgan fingerprint density at radius 1 is 0.446 bits per heavy atom.